The lowest BCUT2D eigenvalue weighted by atomic mass is 10.1. The van der Waals surface area contributed by atoms with Crippen LogP contribution in [0.25, 0.3) is 22.6 Å². The molecule has 0 fully saturated rings. The molecule has 6 nitrogen and oxygen atoms in total. The lowest BCUT2D eigenvalue weighted by Crippen LogP contribution is -2.22. The molecule has 8 heteroatoms. The summed E-state index contributed by atoms with van der Waals surface area (Å²) in [6.45, 7) is 4.17. The van der Waals surface area contributed by atoms with Gasteiger partial charge in [-0.2, -0.15) is 5.10 Å². The molecule has 158 valence electrons. The third-order valence-corrected chi connectivity index (χ3v) is 4.21. The van der Waals surface area contributed by atoms with Crippen molar-refractivity contribution in [3.8, 4) is 22.6 Å². The second-order valence-corrected chi connectivity index (χ2v) is 6.41. The minimum absolute atomic E-state index is 0.174. The highest BCUT2D eigenvalue weighted by molar-refractivity contribution is 5.59. The van der Waals surface area contributed by atoms with Gasteiger partial charge >= 0.3 is 0 Å². The second-order valence-electron chi connectivity index (χ2n) is 6.41. The number of halogens is 2. The van der Waals surface area contributed by atoms with E-state index >= 15 is 0 Å². The zero-order valence-electron chi connectivity index (χ0n) is 17.1. The van der Waals surface area contributed by atoms with Gasteiger partial charge < -0.3 is 5.73 Å². The van der Waals surface area contributed by atoms with E-state index in [1.165, 1.54) is 41.3 Å². The van der Waals surface area contributed by atoms with E-state index in [1.807, 2.05) is 38.1 Å². The van der Waals surface area contributed by atoms with Gasteiger partial charge in [0.15, 0.2) is 5.82 Å². The van der Waals surface area contributed by atoms with Crippen LogP contribution in [0.5, 0.6) is 0 Å². The molecular formula is C23H21F2N5O. The van der Waals surface area contributed by atoms with Crippen molar-refractivity contribution in [1.82, 2.24) is 19.7 Å². The molecule has 0 amide bonds. The van der Waals surface area contributed by atoms with Crippen LogP contribution >= 0.6 is 0 Å². The maximum atomic E-state index is 13.5. The molecule has 0 aliphatic heterocycles. The van der Waals surface area contributed by atoms with Crippen molar-refractivity contribution in [2.45, 2.75) is 20.4 Å². The lowest BCUT2D eigenvalue weighted by Gasteiger charge is -2.09. The molecular weight excluding hydrogens is 400 g/mol. The topological polar surface area (TPSA) is 86.7 Å². The van der Waals surface area contributed by atoms with Crippen molar-refractivity contribution in [3.05, 3.63) is 94.5 Å². The first-order valence-electron chi connectivity index (χ1n) is 9.69. The Labute approximate surface area is 178 Å². The van der Waals surface area contributed by atoms with E-state index in [0.717, 1.165) is 17.2 Å². The smallest absolute Gasteiger partial charge is 0.267 e. The maximum Gasteiger partial charge on any atom is 0.267 e. The second kappa shape index (κ2) is 9.71. The Morgan fingerprint density at radius 1 is 0.903 bits per heavy atom. The summed E-state index contributed by atoms with van der Waals surface area (Å²) < 4.78 is 28.3. The number of nitrogens with zero attached hydrogens (tertiary/aromatic N) is 4. The molecule has 0 unspecified atom stereocenters. The fourth-order valence-electron chi connectivity index (χ4n) is 2.89. The first kappa shape index (κ1) is 21.8. The first-order valence-corrected chi connectivity index (χ1v) is 9.69. The molecule has 0 saturated carbocycles. The van der Waals surface area contributed by atoms with E-state index in [9.17, 15) is 13.6 Å². The minimum atomic E-state index is -0.712. The average molecular weight is 421 g/mol. The number of nitrogen functional groups attached to an aromatic ring is 1. The molecule has 2 heterocycles. The van der Waals surface area contributed by atoms with Gasteiger partial charge in [0.25, 0.3) is 5.56 Å². The summed E-state index contributed by atoms with van der Waals surface area (Å²) in [4.78, 5) is 20.6. The van der Waals surface area contributed by atoms with E-state index in [-0.39, 0.29) is 17.7 Å². The van der Waals surface area contributed by atoms with Gasteiger partial charge in [-0.05, 0) is 29.8 Å². The minimum Gasteiger partial charge on any atom is -0.396 e. The van der Waals surface area contributed by atoms with Crippen LogP contribution in [0.4, 0.5) is 14.5 Å². The predicted octanol–water partition coefficient (Wildman–Crippen LogP) is 4.30. The zero-order valence-corrected chi connectivity index (χ0v) is 17.1. The largest absolute Gasteiger partial charge is 0.396 e. The SMILES string of the molecule is CC.Nc1cnc(-c2cccc(Cn3nc(-c4cc(F)cc(F)c4)ccc3=O)c2)nc1. The van der Waals surface area contributed by atoms with Gasteiger partial charge in [0.2, 0.25) is 0 Å². The van der Waals surface area contributed by atoms with Crippen LogP contribution in [0.1, 0.15) is 19.4 Å². The Balaban J connectivity index is 0.00000132. The predicted molar refractivity (Wildman–Crippen MR) is 116 cm³/mol. The molecule has 0 atom stereocenters. The fraction of sp³-hybridized carbons (Fsp3) is 0.130. The highest BCUT2D eigenvalue weighted by atomic mass is 19.1. The molecule has 0 aliphatic rings. The molecule has 2 aromatic carbocycles. The van der Waals surface area contributed by atoms with Crippen LogP contribution in [0.15, 0.2) is 71.8 Å². The standard InChI is InChI=1S/C21H15F2N5O.C2H6/c22-16-7-15(8-17(23)9-16)19-4-5-20(29)28(27-19)12-13-2-1-3-14(6-13)21-25-10-18(24)11-26-21;1-2/h1-11H,12,24H2;1-2H3. The third kappa shape index (κ3) is 5.36. The van der Waals surface area contributed by atoms with E-state index in [2.05, 4.69) is 15.1 Å². The summed E-state index contributed by atoms with van der Waals surface area (Å²) in [6, 6.07) is 13.2. The van der Waals surface area contributed by atoms with E-state index < -0.39 is 11.6 Å². The van der Waals surface area contributed by atoms with Crippen LogP contribution in [-0.4, -0.2) is 19.7 Å². The van der Waals surface area contributed by atoms with E-state index in [4.69, 9.17) is 5.73 Å². The van der Waals surface area contributed by atoms with Crippen molar-refractivity contribution >= 4 is 5.69 Å². The van der Waals surface area contributed by atoms with Gasteiger partial charge in [-0.25, -0.2) is 23.4 Å². The number of nitrogens with two attached hydrogens (primary N) is 1. The Morgan fingerprint density at radius 2 is 1.58 bits per heavy atom. The fourth-order valence-corrected chi connectivity index (χ4v) is 2.89. The van der Waals surface area contributed by atoms with Gasteiger partial charge in [0.05, 0.1) is 30.3 Å². The molecule has 2 N–H and O–H groups in total. The van der Waals surface area contributed by atoms with E-state index in [0.29, 0.717) is 17.2 Å². The monoisotopic (exact) mass is 421 g/mol. The molecule has 0 bridgehead atoms. The zero-order chi connectivity index (χ0) is 22.4. The molecule has 4 aromatic rings. The van der Waals surface area contributed by atoms with Crippen LogP contribution < -0.4 is 11.3 Å². The molecule has 0 radical (unpaired) electrons. The third-order valence-electron chi connectivity index (χ3n) is 4.21. The van der Waals surface area contributed by atoms with Crippen LogP contribution in [-0.2, 0) is 6.54 Å². The molecule has 2 aromatic heterocycles. The number of aromatic nitrogens is 4. The Hall–Kier alpha value is -3.94. The van der Waals surface area contributed by atoms with Crippen molar-refractivity contribution in [2.24, 2.45) is 0 Å². The Morgan fingerprint density at radius 3 is 2.26 bits per heavy atom. The van der Waals surface area contributed by atoms with Gasteiger partial charge in [-0.15, -0.1) is 0 Å². The van der Waals surface area contributed by atoms with Crippen molar-refractivity contribution in [1.29, 1.82) is 0 Å². The number of anilines is 1. The highest BCUT2D eigenvalue weighted by Crippen LogP contribution is 2.20. The van der Waals surface area contributed by atoms with Crippen LogP contribution in [0, 0.1) is 11.6 Å². The molecule has 0 saturated heterocycles. The van der Waals surface area contributed by atoms with E-state index in [1.54, 1.807) is 0 Å². The lowest BCUT2D eigenvalue weighted by molar-refractivity contribution is 0.583. The van der Waals surface area contributed by atoms with Crippen molar-refractivity contribution < 1.29 is 8.78 Å². The molecule has 0 spiro atoms. The van der Waals surface area contributed by atoms with Crippen LogP contribution in [0.2, 0.25) is 0 Å². The number of benzene rings is 2. The normalized spacial score (nSPS) is 10.3. The van der Waals surface area contributed by atoms with Gasteiger partial charge in [-0.1, -0.05) is 32.0 Å². The van der Waals surface area contributed by atoms with Gasteiger partial charge in [0.1, 0.15) is 11.6 Å². The maximum absolute atomic E-state index is 13.5. The van der Waals surface area contributed by atoms with Gasteiger partial charge in [0, 0.05) is 23.3 Å². The summed E-state index contributed by atoms with van der Waals surface area (Å²) in [5, 5.41) is 4.26. The highest BCUT2D eigenvalue weighted by Gasteiger charge is 2.09. The van der Waals surface area contributed by atoms with Crippen molar-refractivity contribution in [2.75, 3.05) is 5.73 Å². The molecule has 4 rings (SSSR count). The summed E-state index contributed by atoms with van der Waals surface area (Å²) in [7, 11) is 0. The Bertz CT molecular complexity index is 1220. The summed E-state index contributed by atoms with van der Waals surface area (Å²) >= 11 is 0. The summed E-state index contributed by atoms with van der Waals surface area (Å²) in [5.41, 5.74) is 7.84. The number of rotatable bonds is 4. The quantitative estimate of drug-likeness (QED) is 0.531. The Kier molecular flexibility index (Phi) is 6.81. The number of hydrogen-bond donors (Lipinski definition) is 1. The molecule has 31 heavy (non-hydrogen) atoms. The number of hydrogen-bond acceptors (Lipinski definition) is 5. The molecule has 0 aliphatic carbocycles. The summed E-state index contributed by atoms with van der Waals surface area (Å²) in [5.74, 6) is -0.920. The van der Waals surface area contributed by atoms with Crippen molar-refractivity contribution in [3.63, 3.8) is 0 Å². The summed E-state index contributed by atoms with van der Waals surface area (Å²) in [6.07, 6.45) is 3.03. The average Bonchev–Trinajstić information content (AvgIpc) is 2.77. The van der Waals surface area contributed by atoms with Crippen LogP contribution in [0.3, 0.4) is 0 Å². The van der Waals surface area contributed by atoms with Gasteiger partial charge in [-0.3, -0.25) is 4.79 Å². The first-order chi connectivity index (χ1) is 15.0.